The van der Waals surface area contributed by atoms with Gasteiger partial charge in [-0.05, 0) is 35.9 Å². The predicted octanol–water partition coefficient (Wildman–Crippen LogP) is 1.86. The number of aromatic nitrogens is 1. The van der Waals surface area contributed by atoms with E-state index in [9.17, 15) is 14.8 Å². The number of rotatable bonds is 2. The maximum absolute atomic E-state index is 12.6. The Kier molecular flexibility index (Phi) is 3.67. The van der Waals surface area contributed by atoms with Gasteiger partial charge in [0.15, 0.2) is 0 Å². The summed E-state index contributed by atoms with van der Waals surface area (Å²) in [6.07, 6.45) is 0.924. The van der Waals surface area contributed by atoms with Crippen molar-refractivity contribution in [1.29, 1.82) is 0 Å². The third-order valence-corrected chi connectivity index (χ3v) is 5.67. The number of fused-ring (bicyclic) bond motifs is 4. The van der Waals surface area contributed by atoms with Crippen molar-refractivity contribution in [2.24, 2.45) is 5.92 Å². The maximum Gasteiger partial charge on any atom is 0.275 e. The summed E-state index contributed by atoms with van der Waals surface area (Å²) >= 11 is 1.43. The number of pyridine rings is 1. The zero-order valence-corrected chi connectivity index (χ0v) is 13.6. The standard InChI is InChI=1S/C16H16N3O4S/c20-15-13(19(22)23)4-3-12-11-6-10(8-18(12)15)7-17(9-11)16(21)14-2-1-5-24-14/h1-5,10-11,22H,6-9H2/q-1/t10-,11-/m0/s1. The average Bonchev–Trinajstić information content (AvgIpc) is 3.09. The fraction of sp³-hybridized carbons (Fsp3) is 0.375. The number of carbonyl (C=O) groups excluding carboxylic acids is 1. The topological polar surface area (TPSA) is 88.8 Å². The van der Waals surface area contributed by atoms with Crippen molar-refractivity contribution < 1.29 is 10.0 Å². The minimum atomic E-state index is -0.474. The SMILES string of the molecule is O=C(c1cccs1)N1C[C@@H]2C[C@@H](C1)c1ccc(N([O-])O)c(=O)n1C2. The van der Waals surface area contributed by atoms with E-state index in [0.717, 1.165) is 17.0 Å². The van der Waals surface area contributed by atoms with Crippen LogP contribution in [0.1, 0.15) is 27.7 Å². The van der Waals surface area contributed by atoms with E-state index >= 15 is 0 Å². The van der Waals surface area contributed by atoms with Gasteiger partial charge >= 0.3 is 0 Å². The molecule has 0 saturated carbocycles. The highest BCUT2D eigenvalue weighted by Gasteiger charge is 2.37. The minimum absolute atomic E-state index is 0.0354. The third kappa shape index (κ3) is 2.43. The fourth-order valence-electron chi connectivity index (χ4n) is 3.80. The Morgan fingerprint density at radius 1 is 1.29 bits per heavy atom. The summed E-state index contributed by atoms with van der Waals surface area (Å²) < 4.78 is 1.57. The Bertz CT molecular complexity index is 830. The van der Waals surface area contributed by atoms with Crippen LogP contribution in [-0.2, 0) is 6.54 Å². The highest BCUT2D eigenvalue weighted by Crippen LogP contribution is 2.36. The summed E-state index contributed by atoms with van der Waals surface area (Å²) in [5, 5.41) is 21.6. The lowest BCUT2D eigenvalue weighted by molar-refractivity contribution is 0.0599. The van der Waals surface area contributed by atoms with Crippen molar-refractivity contribution in [2.75, 3.05) is 18.3 Å². The molecule has 8 heteroatoms. The van der Waals surface area contributed by atoms with Crippen LogP contribution < -0.4 is 10.8 Å². The summed E-state index contributed by atoms with van der Waals surface area (Å²) in [6, 6.07) is 6.74. The molecule has 0 aliphatic carbocycles. The summed E-state index contributed by atoms with van der Waals surface area (Å²) in [5.41, 5.74) is 0.0773. The molecule has 2 atom stereocenters. The molecule has 1 fully saturated rings. The molecule has 1 N–H and O–H groups in total. The van der Waals surface area contributed by atoms with Gasteiger partial charge in [0.25, 0.3) is 11.5 Å². The van der Waals surface area contributed by atoms with E-state index in [1.807, 2.05) is 22.4 Å². The number of thiophene rings is 1. The molecule has 2 aromatic rings. The van der Waals surface area contributed by atoms with Gasteiger partial charge in [0.05, 0.1) is 4.88 Å². The first-order chi connectivity index (χ1) is 11.5. The molecule has 0 aromatic carbocycles. The highest BCUT2D eigenvalue weighted by atomic mass is 32.1. The Morgan fingerprint density at radius 2 is 2.12 bits per heavy atom. The van der Waals surface area contributed by atoms with E-state index in [0.29, 0.717) is 19.6 Å². The monoisotopic (exact) mass is 346 g/mol. The molecule has 0 spiro atoms. The van der Waals surface area contributed by atoms with Crippen molar-refractivity contribution in [3.05, 3.63) is 55.8 Å². The Balaban J connectivity index is 1.66. The van der Waals surface area contributed by atoms with E-state index in [2.05, 4.69) is 0 Å². The molecule has 0 unspecified atom stereocenters. The number of piperidine rings is 1. The lowest BCUT2D eigenvalue weighted by atomic mass is 9.83. The van der Waals surface area contributed by atoms with Crippen LogP contribution >= 0.6 is 11.3 Å². The normalized spacial score (nSPS) is 22.2. The van der Waals surface area contributed by atoms with Crippen LogP contribution in [0.15, 0.2) is 34.4 Å². The molecule has 0 radical (unpaired) electrons. The maximum atomic E-state index is 12.6. The molecule has 4 heterocycles. The van der Waals surface area contributed by atoms with Crippen molar-refractivity contribution in [2.45, 2.75) is 18.9 Å². The van der Waals surface area contributed by atoms with Crippen LogP contribution in [0.2, 0.25) is 0 Å². The number of nitrogens with zero attached hydrogens (tertiary/aromatic N) is 3. The number of likely N-dealkylation sites (tertiary alicyclic amines) is 1. The van der Waals surface area contributed by atoms with Crippen LogP contribution in [0.5, 0.6) is 0 Å². The number of carbonyl (C=O) groups is 1. The lowest BCUT2D eigenvalue weighted by Gasteiger charge is -2.43. The van der Waals surface area contributed by atoms with Crippen LogP contribution in [0.25, 0.3) is 0 Å². The Hall–Kier alpha value is -2.16. The molecule has 2 aliphatic heterocycles. The molecule has 4 rings (SSSR count). The molecular weight excluding hydrogens is 330 g/mol. The number of anilines is 1. The van der Waals surface area contributed by atoms with Crippen LogP contribution in [-0.4, -0.2) is 33.7 Å². The first-order valence-electron chi connectivity index (χ1n) is 7.77. The fourth-order valence-corrected chi connectivity index (χ4v) is 4.49. The van der Waals surface area contributed by atoms with E-state index in [-0.39, 0.29) is 28.7 Å². The molecule has 2 aromatic heterocycles. The average molecular weight is 346 g/mol. The zero-order valence-electron chi connectivity index (χ0n) is 12.8. The molecular formula is C16H16N3O4S-. The van der Waals surface area contributed by atoms with Crippen molar-refractivity contribution >= 4 is 22.9 Å². The van der Waals surface area contributed by atoms with Crippen molar-refractivity contribution in [3.63, 3.8) is 0 Å². The van der Waals surface area contributed by atoms with E-state index in [1.54, 1.807) is 10.6 Å². The van der Waals surface area contributed by atoms with Crippen LogP contribution in [0.4, 0.5) is 5.69 Å². The van der Waals surface area contributed by atoms with Gasteiger partial charge in [-0.25, -0.2) is 0 Å². The molecule has 2 bridgehead atoms. The first-order valence-corrected chi connectivity index (χ1v) is 8.65. The second kappa shape index (κ2) is 5.73. The summed E-state index contributed by atoms with van der Waals surface area (Å²) in [7, 11) is 0. The second-order valence-electron chi connectivity index (χ2n) is 6.32. The predicted molar refractivity (Wildman–Crippen MR) is 89.4 cm³/mol. The van der Waals surface area contributed by atoms with Gasteiger partial charge in [0.2, 0.25) is 0 Å². The van der Waals surface area contributed by atoms with Gasteiger partial charge in [-0.1, -0.05) is 6.07 Å². The van der Waals surface area contributed by atoms with Gasteiger partial charge in [0, 0.05) is 31.2 Å². The van der Waals surface area contributed by atoms with Gasteiger partial charge in [-0.15, -0.1) is 11.3 Å². The smallest absolute Gasteiger partial charge is 0.275 e. The number of amides is 1. The second-order valence-corrected chi connectivity index (χ2v) is 7.27. The molecule has 2 aliphatic rings. The Labute approximate surface area is 141 Å². The van der Waals surface area contributed by atoms with E-state index < -0.39 is 5.56 Å². The largest absolute Gasteiger partial charge is 0.733 e. The summed E-state index contributed by atoms with van der Waals surface area (Å²) in [5.74, 6) is 0.280. The molecule has 126 valence electrons. The van der Waals surface area contributed by atoms with Gasteiger partial charge in [-0.3, -0.25) is 14.8 Å². The number of hydrogen-bond donors (Lipinski definition) is 1. The number of hydrogen-bond acceptors (Lipinski definition) is 6. The zero-order chi connectivity index (χ0) is 16.8. The molecule has 24 heavy (non-hydrogen) atoms. The van der Waals surface area contributed by atoms with Gasteiger partial charge in [-0.2, -0.15) is 0 Å². The first kappa shape index (κ1) is 15.4. The highest BCUT2D eigenvalue weighted by molar-refractivity contribution is 7.12. The quantitative estimate of drug-likeness (QED) is 0.839. The van der Waals surface area contributed by atoms with Crippen LogP contribution in [0, 0.1) is 11.1 Å². The molecule has 1 amide bonds. The van der Waals surface area contributed by atoms with Crippen molar-refractivity contribution in [3.8, 4) is 0 Å². The van der Waals surface area contributed by atoms with E-state index in [1.165, 1.54) is 17.4 Å². The Morgan fingerprint density at radius 3 is 2.83 bits per heavy atom. The molecule has 7 nitrogen and oxygen atoms in total. The van der Waals surface area contributed by atoms with Crippen molar-refractivity contribution in [1.82, 2.24) is 9.47 Å². The van der Waals surface area contributed by atoms with E-state index in [4.69, 9.17) is 5.21 Å². The summed E-state index contributed by atoms with van der Waals surface area (Å²) in [4.78, 5) is 27.6. The lowest BCUT2D eigenvalue weighted by Crippen LogP contribution is -2.49. The van der Waals surface area contributed by atoms with Crippen LogP contribution in [0.3, 0.4) is 0 Å². The molecule has 1 saturated heterocycles. The minimum Gasteiger partial charge on any atom is -0.733 e. The third-order valence-electron chi connectivity index (χ3n) is 4.81. The summed E-state index contributed by atoms with van der Waals surface area (Å²) in [6.45, 7) is 1.62. The van der Waals surface area contributed by atoms with Gasteiger partial charge in [0.1, 0.15) is 5.69 Å². The van der Waals surface area contributed by atoms with Gasteiger partial charge < -0.3 is 19.9 Å².